The van der Waals surface area contributed by atoms with Gasteiger partial charge < -0.3 is 5.32 Å². The number of pyridine rings is 1. The summed E-state index contributed by atoms with van der Waals surface area (Å²) in [5.41, 5.74) is 6.38. The molecule has 0 unspecified atom stereocenters. The molecule has 1 amide bonds. The molecular weight excluding hydrogens is 432 g/mol. The molecule has 0 fully saturated rings. The SMILES string of the molecule is Cc1cccc(NC(=O)c2cc(-c3cccs3)nc3c(C)cc(Br)cc23)c1C. The molecule has 0 saturated carbocycles. The Morgan fingerprint density at radius 1 is 1.04 bits per heavy atom. The summed E-state index contributed by atoms with van der Waals surface area (Å²) in [5, 5.41) is 5.95. The second-order valence-electron chi connectivity index (χ2n) is 6.85. The largest absolute Gasteiger partial charge is 0.322 e. The summed E-state index contributed by atoms with van der Waals surface area (Å²) in [6, 6.07) is 15.8. The van der Waals surface area contributed by atoms with Crippen molar-refractivity contribution in [1.29, 1.82) is 0 Å². The Balaban J connectivity index is 1.89. The summed E-state index contributed by atoms with van der Waals surface area (Å²) < 4.78 is 0.934. The Bertz CT molecular complexity index is 1200. The fourth-order valence-corrected chi connectivity index (χ4v) is 4.53. The maximum Gasteiger partial charge on any atom is 0.256 e. The van der Waals surface area contributed by atoms with Crippen LogP contribution in [-0.2, 0) is 0 Å². The molecule has 0 atom stereocenters. The van der Waals surface area contributed by atoms with E-state index in [4.69, 9.17) is 4.98 Å². The number of aryl methyl sites for hydroxylation is 2. The standard InChI is InChI=1S/C23H19BrN2OS/c1-13-6-4-7-19(15(13)3)26-23(27)18-12-20(21-8-5-9-28-21)25-22-14(2)10-16(24)11-17(18)22/h4-12H,1-3H3,(H,26,27). The number of hydrogen-bond donors (Lipinski definition) is 1. The number of thiophene rings is 1. The fraction of sp³-hybridized carbons (Fsp3) is 0.130. The smallest absolute Gasteiger partial charge is 0.256 e. The van der Waals surface area contributed by atoms with Gasteiger partial charge in [0.1, 0.15) is 0 Å². The van der Waals surface area contributed by atoms with Crippen LogP contribution in [0.25, 0.3) is 21.5 Å². The van der Waals surface area contributed by atoms with E-state index in [1.54, 1.807) is 11.3 Å². The zero-order chi connectivity index (χ0) is 19.8. The molecule has 2 heterocycles. The highest BCUT2D eigenvalue weighted by atomic mass is 79.9. The summed E-state index contributed by atoms with van der Waals surface area (Å²) in [5.74, 6) is -0.128. The Hall–Kier alpha value is -2.50. The summed E-state index contributed by atoms with van der Waals surface area (Å²) >= 11 is 5.17. The summed E-state index contributed by atoms with van der Waals surface area (Å²) in [7, 11) is 0. The first-order valence-electron chi connectivity index (χ1n) is 8.96. The van der Waals surface area contributed by atoms with Crippen LogP contribution in [0.5, 0.6) is 0 Å². The number of fused-ring (bicyclic) bond motifs is 1. The van der Waals surface area contributed by atoms with E-state index < -0.39 is 0 Å². The molecule has 5 heteroatoms. The van der Waals surface area contributed by atoms with Crippen molar-refractivity contribution in [3.63, 3.8) is 0 Å². The molecular formula is C23H19BrN2OS. The van der Waals surface area contributed by atoms with E-state index in [0.717, 1.165) is 48.3 Å². The van der Waals surface area contributed by atoms with Crippen molar-refractivity contribution in [2.75, 3.05) is 5.32 Å². The van der Waals surface area contributed by atoms with E-state index in [2.05, 4.69) is 21.2 Å². The molecule has 2 aromatic heterocycles. The Labute approximate surface area is 176 Å². The van der Waals surface area contributed by atoms with Crippen LogP contribution < -0.4 is 5.32 Å². The highest BCUT2D eigenvalue weighted by Crippen LogP contribution is 2.32. The number of benzene rings is 2. The number of hydrogen-bond acceptors (Lipinski definition) is 3. The zero-order valence-electron chi connectivity index (χ0n) is 15.8. The second kappa shape index (κ2) is 7.49. The minimum Gasteiger partial charge on any atom is -0.322 e. The van der Waals surface area contributed by atoms with Crippen molar-refractivity contribution in [2.45, 2.75) is 20.8 Å². The lowest BCUT2D eigenvalue weighted by atomic mass is 10.0. The molecule has 0 aliphatic carbocycles. The average Bonchev–Trinajstić information content (AvgIpc) is 3.19. The van der Waals surface area contributed by atoms with Crippen molar-refractivity contribution < 1.29 is 4.79 Å². The van der Waals surface area contributed by atoms with Crippen LogP contribution >= 0.6 is 27.3 Å². The van der Waals surface area contributed by atoms with Crippen LogP contribution in [0.3, 0.4) is 0 Å². The van der Waals surface area contributed by atoms with Gasteiger partial charge in [-0.15, -0.1) is 11.3 Å². The van der Waals surface area contributed by atoms with Gasteiger partial charge in [-0.25, -0.2) is 4.98 Å². The minimum absolute atomic E-state index is 0.128. The highest BCUT2D eigenvalue weighted by molar-refractivity contribution is 9.10. The molecule has 0 saturated heterocycles. The van der Waals surface area contributed by atoms with Gasteiger partial charge in [-0.05, 0) is 73.2 Å². The van der Waals surface area contributed by atoms with Gasteiger partial charge in [0.15, 0.2) is 0 Å². The fourth-order valence-electron chi connectivity index (χ4n) is 3.27. The van der Waals surface area contributed by atoms with E-state index in [9.17, 15) is 4.79 Å². The van der Waals surface area contributed by atoms with E-state index >= 15 is 0 Å². The number of aromatic nitrogens is 1. The molecule has 0 radical (unpaired) electrons. The maximum atomic E-state index is 13.3. The first kappa shape index (κ1) is 18.8. The van der Waals surface area contributed by atoms with Gasteiger partial charge in [-0.2, -0.15) is 0 Å². The molecule has 0 aliphatic rings. The van der Waals surface area contributed by atoms with Gasteiger partial charge in [0.25, 0.3) is 5.91 Å². The molecule has 1 N–H and O–H groups in total. The van der Waals surface area contributed by atoms with Crippen molar-refractivity contribution in [3.05, 3.63) is 80.6 Å². The number of nitrogens with zero attached hydrogens (tertiary/aromatic N) is 1. The van der Waals surface area contributed by atoms with Gasteiger partial charge in [-0.1, -0.05) is 34.1 Å². The summed E-state index contributed by atoms with van der Waals surface area (Å²) in [4.78, 5) is 19.2. The van der Waals surface area contributed by atoms with Gasteiger partial charge in [0, 0.05) is 15.5 Å². The Kier molecular flexibility index (Phi) is 5.04. The molecule has 140 valence electrons. The zero-order valence-corrected chi connectivity index (χ0v) is 18.2. The lowest BCUT2D eigenvalue weighted by Gasteiger charge is -2.14. The van der Waals surface area contributed by atoms with Gasteiger partial charge >= 0.3 is 0 Å². The predicted molar refractivity (Wildman–Crippen MR) is 121 cm³/mol. The molecule has 0 aliphatic heterocycles. The van der Waals surface area contributed by atoms with Crippen LogP contribution in [0.4, 0.5) is 5.69 Å². The molecule has 28 heavy (non-hydrogen) atoms. The molecule has 4 rings (SSSR count). The minimum atomic E-state index is -0.128. The first-order valence-corrected chi connectivity index (χ1v) is 10.6. The van der Waals surface area contributed by atoms with Crippen molar-refractivity contribution >= 4 is 49.8 Å². The van der Waals surface area contributed by atoms with E-state index in [1.807, 2.05) is 74.7 Å². The third-order valence-corrected chi connectivity index (χ3v) is 6.29. The molecule has 0 bridgehead atoms. The highest BCUT2D eigenvalue weighted by Gasteiger charge is 2.17. The van der Waals surface area contributed by atoms with Crippen LogP contribution in [0.2, 0.25) is 0 Å². The average molecular weight is 451 g/mol. The summed E-state index contributed by atoms with van der Waals surface area (Å²) in [6.45, 7) is 6.08. The van der Waals surface area contributed by atoms with Crippen molar-refractivity contribution in [2.24, 2.45) is 0 Å². The van der Waals surface area contributed by atoms with Gasteiger partial charge in [-0.3, -0.25) is 4.79 Å². The van der Waals surface area contributed by atoms with E-state index in [0.29, 0.717) is 5.56 Å². The van der Waals surface area contributed by atoms with Gasteiger partial charge in [0.05, 0.1) is 21.7 Å². The lowest BCUT2D eigenvalue weighted by Crippen LogP contribution is -2.14. The van der Waals surface area contributed by atoms with Gasteiger partial charge in [0.2, 0.25) is 0 Å². The molecule has 4 aromatic rings. The normalized spacial score (nSPS) is 11.0. The maximum absolute atomic E-state index is 13.3. The second-order valence-corrected chi connectivity index (χ2v) is 8.72. The Morgan fingerprint density at radius 3 is 2.61 bits per heavy atom. The number of rotatable bonds is 3. The molecule has 0 spiro atoms. The predicted octanol–water partition coefficient (Wildman–Crippen LogP) is 6.90. The monoisotopic (exact) mass is 450 g/mol. The Morgan fingerprint density at radius 2 is 1.86 bits per heavy atom. The first-order chi connectivity index (χ1) is 13.4. The van der Waals surface area contributed by atoms with Crippen LogP contribution in [0, 0.1) is 20.8 Å². The molecule has 2 aromatic carbocycles. The van der Waals surface area contributed by atoms with Crippen molar-refractivity contribution in [3.8, 4) is 10.6 Å². The summed E-state index contributed by atoms with van der Waals surface area (Å²) in [6.07, 6.45) is 0. The van der Waals surface area contributed by atoms with Crippen LogP contribution in [0.1, 0.15) is 27.0 Å². The third-order valence-electron chi connectivity index (χ3n) is 4.94. The number of carbonyl (C=O) groups excluding carboxylic acids is 1. The van der Waals surface area contributed by atoms with E-state index in [1.165, 1.54) is 0 Å². The van der Waals surface area contributed by atoms with Crippen LogP contribution in [0.15, 0.2) is 58.4 Å². The third kappa shape index (κ3) is 3.48. The topological polar surface area (TPSA) is 42.0 Å². The number of amides is 1. The molecule has 3 nitrogen and oxygen atoms in total. The van der Waals surface area contributed by atoms with Crippen LogP contribution in [-0.4, -0.2) is 10.9 Å². The quantitative estimate of drug-likeness (QED) is 0.368. The van der Waals surface area contributed by atoms with E-state index in [-0.39, 0.29) is 5.91 Å². The lowest BCUT2D eigenvalue weighted by molar-refractivity contribution is 0.102. The number of nitrogens with one attached hydrogen (secondary N) is 1. The van der Waals surface area contributed by atoms with Crippen molar-refractivity contribution in [1.82, 2.24) is 4.98 Å². The number of carbonyl (C=O) groups is 1. The number of anilines is 1. The number of halogens is 1.